The number of halogens is 1. The first kappa shape index (κ1) is 19.8. The molecular weight excluding hydrogens is 374 g/mol. The van der Waals surface area contributed by atoms with Crippen molar-refractivity contribution in [1.29, 1.82) is 0 Å². The van der Waals surface area contributed by atoms with Crippen LogP contribution in [0.5, 0.6) is 0 Å². The first-order valence-corrected chi connectivity index (χ1v) is 10.9. The van der Waals surface area contributed by atoms with Gasteiger partial charge in [-0.05, 0) is 75.7 Å². The molecule has 0 heterocycles. The number of hydrogen-bond donors (Lipinski definition) is 1. The monoisotopic (exact) mass is 403 g/mol. The lowest BCUT2D eigenvalue weighted by atomic mass is 9.49. The van der Waals surface area contributed by atoms with Crippen LogP contribution in [0.4, 0.5) is 0 Å². The summed E-state index contributed by atoms with van der Waals surface area (Å²) in [6.45, 7) is 1.79. The second-order valence-electron chi connectivity index (χ2n) is 9.46. The highest BCUT2D eigenvalue weighted by molar-refractivity contribution is 6.24. The molecule has 1 amide bonds. The third-order valence-electron chi connectivity index (χ3n) is 6.87. The number of carbonyl (C=O) groups excluding carboxylic acids is 2. The Labute approximate surface area is 172 Å². The Hall–Kier alpha value is -1.55. The average Bonchev–Trinajstić information content (AvgIpc) is 2.63. The third kappa shape index (κ3) is 4.22. The second-order valence-corrected chi connectivity index (χ2v) is 10.3. The second kappa shape index (κ2) is 7.70. The molecule has 4 fully saturated rings. The highest BCUT2D eigenvalue weighted by Crippen LogP contribution is 2.64. The lowest BCUT2D eigenvalue weighted by molar-refractivity contribution is -0.171. The predicted molar refractivity (Wildman–Crippen MR) is 109 cm³/mol. The molecule has 4 aliphatic carbocycles. The van der Waals surface area contributed by atoms with E-state index in [1.807, 2.05) is 25.1 Å². The van der Waals surface area contributed by atoms with E-state index in [9.17, 15) is 9.59 Å². The summed E-state index contributed by atoms with van der Waals surface area (Å²) < 4.78 is 5.49. The van der Waals surface area contributed by atoms with Gasteiger partial charge in [0.25, 0.3) is 5.91 Å². The first-order chi connectivity index (χ1) is 13.4. The van der Waals surface area contributed by atoms with Gasteiger partial charge < -0.3 is 10.1 Å². The van der Waals surface area contributed by atoms with Crippen molar-refractivity contribution in [3.05, 3.63) is 35.9 Å². The van der Waals surface area contributed by atoms with E-state index in [0.717, 1.165) is 38.5 Å². The van der Waals surface area contributed by atoms with Crippen LogP contribution < -0.4 is 5.32 Å². The van der Waals surface area contributed by atoms with Gasteiger partial charge in [-0.15, -0.1) is 11.6 Å². The standard InChI is InChI=1S/C23H30ClNO3/c1-16(7-8-17-5-3-2-4-6-17)25-20(26)14-28-21(27)22-10-18-9-19(11-22)13-23(24,12-18)15-22/h2-6,16,18-19H,7-15H2,1H3,(H,25,26)/t16-,18-,19+,22?,23?/m1/s1. The molecule has 0 radical (unpaired) electrons. The maximum Gasteiger partial charge on any atom is 0.312 e. The van der Waals surface area contributed by atoms with Crippen molar-refractivity contribution in [1.82, 2.24) is 5.32 Å². The molecule has 5 atom stereocenters. The van der Waals surface area contributed by atoms with Crippen LogP contribution in [0.1, 0.15) is 57.4 Å². The molecule has 4 saturated carbocycles. The molecule has 0 aromatic heterocycles. The Morgan fingerprint density at radius 2 is 1.86 bits per heavy atom. The van der Waals surface area contributed by atoms with Crippen molar-refractivity contribution in [2.45, 2.75) is 69.2 Å². The number of aryl methyl sites for hydroxylation is 1. The van der Waals surface area contributed by atoms with E-state index >= 15 is 0 Å². The summed E-state index contributed by atoms with van der Waals surface area (Å²) in [5.41, 5.74) is 0.803. The normalized spacial score (nSPS) is 34.1. The number of esters is 1. The van der Waals surface area contributed by atoms with Gasteiger partial charge in [-0.3, -0.25) is 9.59 Å². The number of hydrogen-bond acceptors (Lipinski definition) is 3. The number of rotatable bonds is 7. The van der Waals surface area contributed by atoms with Gasteiger partial charge in [0.15, 0.2) is 6.61 Å². The molecule has 28 heavy (non-hydrogen) atoms. The van der Waals surface area contributed by atoms with Gasteiger partial charge in [0.05, 0.1) is 5.41 Å². The minimum atomic E-state index is -0.453. The summed E-state index contributed by atoms with van der Waals surface area (Å²) in [6.07, 6.45) is 7.49. The molecule has 2 unspecified atom stereocenters. The summed E-state index contributed by atoms with van der Waals surface area (Å²) in [7, 11) is 0. The van der Waals surface area contributed by atoms with Crippen LogP contribution in [0.25, 0.3) is 0 Å². The Kier molecular flexibility index (Phi) is 5.43. The Balaban J connectivity index is 1.24. The van der Waals surface area contributed by atoms with Crippen LogP contribution in [0.2, 0.25) is 0 Å². The van der Waals surface area contributed by atoms with Crippen LogP contribution >= 0.6 is 11.6 Å². The molecule has 0 aliphatic heterocycles. The van der Waals surface area contributed by atoms with Gasteiger partial charge in [0, 0.05) is 10.9 Å². The van der Waals surface area contributed by atoms with Crippen LogP contribution in [-0.4, -0.2) is 29.4 Å². The number of alkyl halides is 1. The van der Waals surface area contributed by atoms with Crippen molar-refractivity contribution < 1.29 is 14.3 Å². The fourth-order valence-electron chi connectivity index (χ4n) is 6.09. The van der Waals surface area contributed by atoms with Gasteiger partial charge in [-0.2, -0.15) is 0 Å². The molecule has 5 rings (SSSR count). The van der Waals surface area contributed by atoms with Gasteiger partial charge in [-0.1, -0.05) is 30.3 Å². The van der Waals surface area contributed by atoms with Crippen molar-refractivity contribution in [2.24, 2.45) is 17.3 Å². The predicted octanol–water partition coefficient (Wildman–Crippen LogP) is 4.24. The minimum Gasteiger partial charge on any atom is -0.455 e. The zero-order chi connectivity index (χ0) is 19.8. The topological polar surface area (TPSA) is 55.4 Å². The first-order valence-electron chi connectivity index (χ1n) is 10.6. The molecule has 1 N–H and O–H groups in total. The highest BCUT2D eigenvalue weighted by atomic mass is 35.5. The molecule has 0 spiro atoms. The van der Waals surface area contributed by atoms with E-state index in [0.29, 0.717) is 18.3 Å². The average molecular weight is 404 g/mol. The van der Waals surface area contributed by atoms with E-state index in [1.165, 1.54) is 12.0 Å². The van der Waals surface area contributed by atoms with E-state index in [1.54, 1.807) is 0 Å². The summed E-state index contributed by atoms with van der Waals surface area (Å²) in [5.74, 6) is 0.647. The van der Waals surface area contributed by atoms with E-state index in [4.69, 9.17) is 16.3 Å². The lowest BCUT2D eigenvalue weighted by Crippen LogP contribution is -2.56. The number of amides is 1. The van der Waals surface area contributed by atoms with E-state index in [-0.39, 0.29) is 29.4 Å². The lowest BCUT2D eigenvalue weighted by Gasteiger charge is -2.58. The number of carbonyl (C=O) groups is 2. The van der Waals surface area contributed by atoms with Crippen molar-refractivity contribution in [3.8, 4) is 0 Å². The van der Waals surface area contributed by atoms with Crippen molar-refractivity contribution in [3.63, 3.8) is 0 Å². The number of benzene rings is 1. The zero-order valence-electron chi connectivity index (χ0n) is 16.6. The molecule has 152 valence electrons. The van der Waals surface area contributed by atoms with Crippen molar-refractivity contribution >= 4 is 23.5 Å². The van der Waals surface area contributed by atoms with Crippen LogP contribution in [-0.2, 0) is 20.7 Å². The summed E-state index contributed by atoms with van der Waals surface area (Å²) in [4.78, 5) is 24.9. The zero-order valence-corrected chi connectivity index (χ0v) is 17.3. The molecule has 1 aromatic rings. The minimum absolute atomic E-state index is 0.0390. The largest absolute Gasteiger partial charge is 0.455 e. The Morgan fingerprint density at radius 1 is 1.18 bits per heavy atom. The summed E-state index contributed by atoms with van der Waals surface area (Å²) in [5, 5.41) is 2.94. The van der Waals surface area contributed by atoms with Crippen LogP contribution in [0.3, 0.4) is 0 Å². The van der Waals surface area contributed by atoms with Crippen LogP contribution in [0, 0.1) is 17.3 Å². The molecule has 0 saturated heterocycles. The molecular formula is C23H30ClNO3. The van der Waals surface area contributed by atoms with E-state index < -0.39 is 5.41 Å². The maximum absolute atomic E-state index is 12.9. The van der Waals surface area contributed by atoms with Crippen molar-refractivity contribution in [2.75, 3.05) is 6.61 Å². The third-order valence-corrected chi connectivity index (χ3v) is 7.32. The molecule has 4 nitrogen and oxygen atoms in total. The smallest absolute Gasteiger partial charge is 0.312 e. The van der Waals surface area contributed by atoms with Gasteiger partial charge >= 0.3 is 5.97 Å². The Bertz CT molecular complexity index is 721. The Morgan fingerprint density at radius 3 is 2.50 bits per heavy atom. The molecule has 1 aromatic carbocycles. The fourth-order valence-corrected chi connectivity index (χ4v) is 6.78. The van der Waals surface area contributed by atoms with E-state index in [2.05, 4.69) is 17.4 Å². The quantitative estimate of drug-likeness (QED) is 0.547. The molecule has 4 bridgehead atoms. The SMILES string of the molecule is C[C@H](CCc1ccccc1)NC(=O)COC(=O)C12C[C@@H]3C[C@@H](CC(Cl)(C3)C1)C2. The van der Waals surface area contributed by atoms with Gasteiger partial charge in [-0.25, -0.2) is 0 Å². The molecule has 4 aliphatic rings. The number of nitrogens with one attached hydrogen (secondary N) is 1. The van der Waals surface area contributed by atoms with Gasteiger partial charge in [0.1, 0.15) is 0 Å². The number of ether oxygens (including phenoxy) is 1. The highest BCUT2D eigenvalue weighted by Gasteiger charge is 2.60. The fraction of sp³-hybridized carbons (Fsp3) is 0.652. The summed E-state index contributed by atoms with van der Waals surface area (Å²) >= 11 is 6.79. The van der Waals surface area contributed by atoms with Crippen LogP contribution in [0.15, 0.2) is 30.3 Å². The molecule has 5 heteroatoms. The maximum atomic E-state index is 12.9. The summed E-state index contributed by atoms with van der Waals surface area (Å²) in [6, 6.07) is 10.3. The van der Waals surface area contributed by atoms with Gasteiger partial charge in [0.2, 0.25) is 0 Å².